The molecular weight excluding hydrogens is 246 g/mol. The summed E-state index contributed by atoms with van der Waals surface area (Å²) in [6, 6.07) is 0. The number of halogens is 1. The van der Waals surface area contributed by atoms with E-state index in [0.29, 0.717) is 0 Å². The number of nitrogens with zero attached hydrogens (tertiary/aromatic N) is 2. The minimum absolute atomic E-state index is 0.723. The van der Waals surface area contributed by atoms with E-state index in [9.17, 15) is 0 Å². The molecule has 0 aliphatic rings. The Labute approximate surface area is 69.3 Å². The van der Waals surface area contributed by atoms with Gasteiger partial charge in [0.1, 0.15) is 0 Å². The molecule has 0 radical (unpaired) electrons. The van der Waals surface area contributed by atoms with Crippen LogP contribution in [0.3, 0.4) is 0 Å². The third kappa shape index (κ3) is 1.64. The van der Waals surface area contributed by atoms with Crippen LogP contribution in [0.5, 0.6) is 0 Å². The van der Waals surface area contributed by atoms with Gasteiger partial charge < -0.3 is 0 Å². The fourth-order valence-electron chi connectivity index (χ4n) is 0.589. The molecule has 1 rings (SSSR count). The third-order valence-corrected chi connectivity index (χ3v) is 3.12. The molecule has 9 heavy (non-hydrogen) atoms. The number of hydrogen-bond donors (Lipinski definition) is 0. The maximum absolute atomic E-state index is 4.25. The van der Waals surface area contributed by atoms with E-state index in [2.05, 4.69) is 40.3 Å². The minimum atomic E-state index is 0.723. The molecule has 0 aliphatic carbocycles. The van der Waals surface area contributed by atoms with Crippen molar-refractivity contribution in [2.24, 2.45) is 0 Å². The molecule has 0 fully saturated rings. The Balaban J connectivity index is 2.98. The lowest BCUT2D eigenvalue weighted by molar-refractivity contribution is 0.978. The molecule has 0 N–H and O–H groups in total. The van der Waals surface area contributed by atoms with Crippen molar-refractivity contribution in [3.63, 3.8) is 0 Å². The first kappa shape index (κ1) is 7.48. The van der Waals surface area contributed by atoms with E-state index >= 15 is 0 Å². The fraction of sp³-hybridized carbons (Fsp3) is 0.400. The Morgan fingerprint density at radius 2 is 2.33 bits per heavy atom. The van der Waals surface area contributed by atoms with Gasteiger partial charge in [-0.3, -0.25) is 0 Å². The van der Waals surface area contributed by atoms with Crippen molar-refractivity contribution in [1.29, 1.82) is 0 Å². The fourth-order valence-corrected chi connectivity index (χ4v) is 1.76. The number of rotatable bonds is 1. The molecule has 4 heteroatoms. The lowest BCUT2D eigenvalue weighted by atomic mass is 10.3. The molecule has 0 aromatic carbocycles. The zero-order valence-electron chi connectivity index (χ0n) is 5.35. The summed E-state index contributed by atoms with van der Waals surface area (Å²) in [5.74, 6) is 0. The average molecular weight is 254 g/mol. The Bertz CT molecular complexity index is 189. The third-order valence-electron chi connectivity index (χ3n) is 1.23. The van der Waals surface area contributed by atoms with Gasteiger partial charge in [0.05, 0.1) is 12.1 Å². The molecule has 1 heterocycles. The predicted molar refractivity (Wildman–Crippen MR) is 49.4 cm³/mol. The van der Waals surface area contributed by atoms with Gasteiger partial charge in [0.25, 0.3) is 0 Å². The Morgan fingerprint density at radius 1 is 1.67 bits per heavy atom. The summed E-state index contributed by atoms with van der Waals surface area (Å²) in [5, 5.41) is 4.25. The van der Waals surface area contributed by atoms with Crippen molar-refractivity contribution in [3.05, 3.63) is 17.5 Å². The molecule has 0 bridgehead atoms. The van der Waals surface area contributed by atoms with Crippen LogP contribution in [-0.4, -0.2) is 9.55 Å². The molecule has 50 valence electrons. The van der Waals surface area contributed by atoms with Crippen LogP contribution in [0.15, 0.2) is 6.20 Å². The first-order valence-corrected chi connectivity index (χ1v) is 6.69. The highest BCUT2D eigenvalue weighted by Gasteiger charge is 1.96. The molecule has 2 nitrogen and oxygen atoms in total. The van der Waals surface area contributed by atoms with E-state index < -0.39 is 0 Å². The molecular formula is C5H8IN2P. The van der Waals surface area contributed by atoms with Crippen molar-refractivity contribution >= 4 is 28.4 Å². The van der Waals surface area contributed by atoms with Crippen LogP contribution in [0.4, 0.5) is 0 Å². The first-order chi connectivity index (χ1) is 4.24. The van der Waals surface area contributed by atoms with Crippen molar-refractivity contribution < 1.29 is 0 Å². The van der Waals surface area contributed by atoms with Gasteiger partial charge in [0.2, 0.25) is 0 Å². The van der Waals surface area contributed by atoms with Crippen LogP contribution in [-0.2, 0) is 0 Å². The standard InChI is InChI=1S/C5H8IN2P/c1-4-3-8(9-6)7-5(4)2/h3,9H,1-2H3. The molecule has 1 unspecified atom stereocenters. The maximum Gasteiger partial charge on any atom is 0.0677 e. The van der Waals surface area contributed by atoms with Crippen LogP contribution < -0.4 is 0 Å². The molecule has 0 saturated carbocycles. The lowest BCUT2D eigenvalue weighted by Gasteiger charge is -1.87. The summed E-state index contributed by atoms with van der Waals surface area (Å²) in [5.41, 5.74) is 2.42. The van der Waals surface area contributed by atoms with Gasteiger partial charge in [-0.05, 0) is 41.5 Å². The van der Waals surface area contributed by atoms with E-state index in [1.165, 1.54) is 5.56 Å². The van der Waals surface area contributed by atoms with E-state index in [1.807, 2.05) is 11.4 Å². The van der Waals surface area contributed by atoms with Gasteiger partial charge in [0, 0.05) is 6.20 Å². The highest BCUT2D eigenvalue weighted by atomic mass is 127. The summed E-state index contributed by atoms with van der Waals surface area (Å²) >= 11 is 2.31. The smallest absolute Gasteiger partial charge is 0.0677 e. The van der Waals surface area contributed by atoms with Gasteiger partial charge in [-0.2, -0.15) is 5.10 Å². The zero-order chi connectivity index (χ0) is 6.85. The van der Waals surface area contributed by atoms with E-state index in [-0.39, 0.29) is 0 Å². The molecule has 1 aromatic rings. The largest absolute Gasteiger partial charge is 0.245 e. The van der Waals surface area contributed by atoms with Crippen molar-refractivity contribution in [1.82, 2.24) is 9.55 Å². The number of hydrogen-bond acceptors (Lipinski definition) is 1. The Kier molecular flexibility index (Phi) is 2.47. The van der Waals surface area contributed by atoms with Crippen LogP contribution in [0, 0.1) is 13.8 Å². The first-order valence-electron chi connectivity index (χ1n) is 2.63. The van der Waals surface area contributed by atoms with Gasteiger partial charge in [-0.1, -0.05) is 0 Å². The van der Waals surface area contributed by atoms with Crippen molar-refractivity contribution in [3.8, 4) is 0 Å². The summed E-state index contributed by atoms with van der Waals surface area (Å²) in [6.07, 6.45) is 2.79. The lowest BCUT2D eigenvalue weighted by Crippen LogP contribution is -1.79. The Morgan fingerprint density at radius 3 is 2.56 bits per heavy atom. The number of aryl methyl sites for hydroxylation is 2. The van der Waals surface area contributed by atoms with E-state index in [1.54, 1.807) is 0 Å². The second kappa shape index (κ2) is 2.97. The molecule has 0 amide bonds. The summed E-state index contributed by atoms with van der Waals surface area (Å²) in [6.45, 7) is 4.11. The van der Waals surface area contributed by atoms with Crippen molar-refractivity contribution in [2.45, 2.75) is 13.8 Å². The highest BCUT2D eigenvalue weighted by molar-refractivity contribution is 14.2. The summed E-state index contributed by atoms with van der Waals surface area (Å²) < 4.78 is 1.96. The molecule has 0 saturated heterocycles. The van der Waals surface area contributed by atoms with Crippen LogP contribution in [0.25, 0.3) is 0 Å². The quantitative estimate of drug-likeness (QED) is 0.555. The molecule has 0 aliphatic heterocycles. The monoisotopic (exact) mass is 254 g/mol. The van der Waals surface area contributed by atoms with Crippen LogP contribution in [0.2, 0.25) is 0 Å². The minimum Gasteiger partial charge on any atom is -0.245 e. The van der Waals surface area contributed by atoms with E-state index in [0.717, 1.165) is 12.1 Å². The van der Waals surface area contributed by atoms with Gasteiger partial charge in [-0.15, -0.1) is 0 Å². The molecule has 1 atom stereocenters. The number of aromatic nitrogens is 2. The zero-order valence-corrected chi connectivity index (χ0v) is 8.51. The Hall–Kier alpha value is 0.370. The second-order valence-corrected chi connectivity index (χ2v) is 4.00. The molecule has 0 spiro atoms. The second-order valence-electron chi connectivity index (χ2n) is 1.93. The normalized spacial score (nSPS) is 11.4. The summed E-state index contributed by atoms with van der Waals surface area (Å²) in [7, 11) is 0. The van der Waals surface area contributed by atoms with Crippen molar-refractivity contribution in [2.75, 3.05) is 0 Å². The van der Waals surface area contributed by atoms with Crippen LogP contribution >= 0.6 is 28.4 Å². The van der Waals surface area contributed by atoms with Gasteiger partial charge >= 0.3 is 0 Å². The summed E-state index contributed by atoms with van der Waals surface area (Å²) in [4.78, 5) is 0. The molecule has 1 aromatic heterocycles. The topological polar surface area (TPSA) is 17.8 Å². The van der Waals surface area contributed by atoms with Crippen LogP contribution in [0.1, 0.15) is 11.3 Å². The highest BCUT2D eigenvalue weighted by Crippen LogP contribution is 2.23. The predicted octanol–water partition coefficient (Wildman–Crippen LogP) is 2.29. The van der Waals surface area contributed by atoms with Gasteiger partial charge in [0.15, 0.2) is 0 Å². The maximum atomic E-state index is 4.25. The van der Waals surface area contributed by atoms with E-state index in [4.69, 9.17) is 0 Å². The average Bonchev–Trinajstić information content (AvgIpc) is 2.13. The SMILES string of the molecule is Cc1cn(PI)nc1C. The van der Waals surface area contributed by atoms with Gasteiger partial charge in [-0.25, -0.2) is 4.45 Å².